The molecule has 0 bridgehead atoms. The van der Waals surface area contributed by atoms with Gasteiger partial charge in [0, 0.05) is 29.6 Å². The van der Waals surface area contributed by atoms with Crippen LogP contribution >= 0.6 is 0 Å². The van der Waals surface area contributed by atoms with Gasteiger partial charge in [0.25, 0.3) is 0 Å². The molecule has 38 heavy (non-hydrogen) atoms. The standard InChI is InChI=1S/C21H16FN3O2.C9H20N2/c1-13(10-23)11-24-21-16-9-15(4-3-14(16)5-8-20(21)27-2)18-7-6-17(22)19(12-26)25-18;1-10-6-5-9-4-3-7-11(2)8-9/h3-9,12,24H,1,11H2,2H3;9-10H,3-8H2,1-2H3. The maximum atomic E-state index is 13.6. The van der Waals surface area contributed by atoms with Crippen molar-refractivity contribution in [3.63, 3.8) is 0 Å². The molecule has 0 amide bonds. The summed E-state index contributed by atoms with van der Waals surface area (Å²) in [6, 6.07) is 14.1. The lowest BCUT2D eigenvalue weighted by Gasteiger charge is -2.29. The van der Waals surface area contributed by atoms with Gasteiger partial charge in [-0.2, -0.15) is 5.26 Å². The van der Waals surface area contributed by atoms with Crippen LogP contribution in [0.1, 0.15) is 29.8 Å². The Kier molecular flexibility index (Phi) is 10.8. The molecule has 1 unspecified atom stereocenters. The van der Waals surface area contributed by atoms with Crippen LogP contribution in [-0.4, -0.2) is 63.6 Å². The van der Waals surface area contributed by atoms with E-state index in [0.717, 1.165) is 22.3 Å². The van der Waals surface area contributed by atoms with Crippen molar-refractivity contribution in [2.24, 2.45) is 5.92 Å². The zero-order chi connectivity index (χ0) is 27.5. The molecule has 1 aromatic heterocycles. The first-order chi connectivity index (χ1) is 18.4. The molecule has 2 aromatic carbocycles. The molecule has 1 aliphatic heterocycles. The summed E-state index contributed by atoms with van der Waals surface area (Å²) in [6.07, 6.45) is 4.57. The van der Waals surface area contributed by atoms with E-state index in [1.165, 1.54) is 51.0 Å². The van der Waals surface area contributed by atoms with Gasteiger partial charge in [-0.15, -0.1) is 0 Å². The van der Waals surface area contributed by atoms with Crippen LogP contribution in [0.2, 0.25) is 0 Å². The quantitative estimate of drug-likeness (QED) is 0.294. The molecule has 4 rings (SSSR count). The normalized spacial score (nSPS) is 15.2. The van der Waals surface area contributed by atoms with Crippen LogP contribution in [0.4, 0.5) is 10.1 Å². The second-order valence-corrected chi connectivity index (χ2v) is 9.49. The van der Waals surface area contributed by atoms with Crippen LogP contribution < -0.4 is 15.4 Å². The van der Waals surface area contributed by atoms with Gasteiger partial charge in [0.2, 0.25) is 0 Å². The fraction of sp³-hybridized carbons (Fsp3) is 0.367. The number of hydrogen-bond acceptors (Lipinski definition) is 7. The first kappa shape index (κ1) is 28.8. The van der Waals surface area contributed by atoms with Crippen molar-refractivity contribution in [2.75, 3.05) is 52.7 Å². The van der Waals surface area contributed by atoms with E-state index in [1.54, 1.807) is 7.11 Å². The van der Waals surface area contributed by atoms with Crippen molar-refractivity contribution < 1.29 is 13.9 Å². The number of nitrogens with one attached hydrogen (secondary N) is 2. The van der Waals surface area contributed by atoms with E-state index in [4.69, 9.17) is 10.00 Å². The van der Waals surface area contributed by atoms with Gasteiger partial charge in [-0.25, -0.2) is 9.37 Å². The van der Waals surface area contributed by atoms with Gasteiger partial charge in [-0.1, -0.05) is 24.8 Å². The van der Waals surface area contributed by atoms with E-state index in [0.29, 0.717) is 29.0 Å². The third-order valence-electron chi connectivity index (χ3n) is 6.65. The smallest absolute Gasteiger partial charge is 0.171 e. The number of fused-ring (bicyclic) bond motifs is 1. The van der Waals surface area contributed by atoms with Gasteiger partial charge in [0.05, 0.1) is 24.6 Å². The van der Waals surface area contributed by atoms with Crippen molar-refractivity contribution >= 4 is 22.7 Å². The minimum absolute atomic E-state index is 0.234. The molecule has 200 valence electrons. The lowest BCUT2D eigenvalue weighted by atomic mass is 9.95. The summed E-state index contributed by atoms with van der Waals surface area (Å²) < 4.78 is 19.0. The van der Waals surface area contributed by atoms with Gasteiger partial charge < -0.3 is 20.3 Å². The summed E-state index contributed by atoms with van der Waals surface area (Å²) in [7, 11) is 5.82. The predicted molar refractivity (Wildman–Crippen MR) is 151 cm³/mol. The lowest BCUT2D eigenvalue weighted by Crippen LogP contribution is -2.33. The molecule has 1 aliphatic rings. The number of carbonyl (C=O) groups excluding carboxylic acids is 1. The van der Waals surface area contributed by atoms with Crippen LogP contribution in [-0.2, 0) is 0 Å². The van der Waals surface area contributed by atoms with Gasteiger partial charge in [-0.3, -0.25) is 4.79 Å². The van der Waals surface area contributed by atoms with E-state index in [9.17, 15) is 9.18 Å². The summed E-state index contributed by atoms with van der Waals surface area (Å²) in [5.74, 6) is 0.904. The Bertz CT molecular complexity index is 1300. The minimum atomic E-state index is -0.659. The summed E-state index contributed by atoms with van der Waals surface area (Å²) in [5.41, 5.74) is 2.07. The number of nitrogens with zero attached hydrogens (tertiary/aromatic N) is 3. The number of aldehydes is 1. The molecule has 2 N–H and O–H groups in total. The Morgan fingerprint density at radius 3 is 2.79 bits per heavy atom. The first-order valence-corrected chi connectivity index (χ1v) is 12.8. The van der Waals surface area contributed by atoms with E-state index >= 15 is 0 Å². The molecule has 1 saturated heterocycles. The molecule has 1 fully saturated rings. The van der Waals surface area contributed by atoms with Crippen molar-refractivity contribution in [1.82, 2.24) is 15.2 Å². The van der Waals surface area contributed by atoms with E-state index in [2.05, 4.69) is 34.1 Å². The van der Waals surface area contributed by atoms with Crippen molar-refractivity contribution in [3.05, 3.63) is 66.1 Å². The third kappa shape index (κ3) is 7.60. The number of aromatic nitrogens is 1. The Morgan fingerprint density at radius 1 is 1.32 bits per heavy atom. The largest absolute Gasteiger partial charge is 0.495 e. The number of methoxy groups -OCH3 is 1. The van der Waals surface area contributed by atoms with Gasteiger partial charge in [0.15, 0.2) is 12.1 Å². The highest BCUT2D eigenvalue weighted by atomic mass is 19.1. The fourth-order valence-electron chi connectivity index (χ4n) is 4.60. The second-order valence-electron chi connectivity index (χ2n) is 9.49. The van der Waals surface area contributed by atoms with Crippen LogP contribution in [0.25, 0.3) is 22.0 Å². The van der Waals surface area contributed by atoms with Crippen molar-refractivity contribution in [2.45, 2.75) is 19.3 Å². The lowest BCUT2D eigenvalue weighted by molar-refractivity contribution is 0.111. The molecule has 0 spiro atoms. The zero-order valence-electron chi connectivity index (χ0n) is 22.4. The number of pyridine rings is 1. The fourth-order valence-corrected chi connectivity index (χ4v) is 4.60. The third-order valence-corrected chi connectivity index (χ3v) is 6.65. The highest BCUT2D eigenvalue weighted by Crippen LogP contribution is 2.35. The highest BCUT2D eigenvalue weighted by Gasteiger charge is 2.16. The number of anilines is 1. The Morgan fingerprint density at radius 2 is 2.11 bits per heavy atom. The van der Waals surface area contributed by atoms with Crippen LogP contribution in [0.3, 0.4) is 0 Å². The van der Waals surface area contributed by atoms with Crippen molar-refractivity contribution in [1.29, 1.82) is 5.26 Å². The first-order valence-electron chi connectivity index (χ1n) is 12.8. The van der Waals surface area contributed by atoms with Crippen LogP contribution in [0.5, 0.6) is 5.75 Å². The second kappa shape index (κ2) is 14.2. The maximum absolute atomic E-state index is 13.6. The number of carbonyl (C=O) groups is 1. The monoisotopic (exact) mass is 517 g/mol. The number of hydrogen-bond donors (Lipinski definition) is 2. The molecule has 0 radical (unpaired) electrons. The summed E-state index contributed by atoms with van der Waals surface area (Å²) in [5, 5.41) is 17.1. The summed E-state index contributed by atoms with van der Waals surface area (Å²) >= 11 is 0. The molecule has 0 aliphatic carbocycles. The number of halogens is 1. The molecule has 0 saturated carbocycles. The topological polar surface area (TPSA) is 90.3 Å². The number of nitriles is 1. The van der Waals surface area contributed by atoms with Crippen LogP contribution in [0, 0.1) is 23.1 Å². The van der Waals surface area contributed by atoms with E-state index < -0.39 is 5.82 Å². The van der Waals surface area contributed by atoms with Gasteiger partial charge in [0.1, 0.15) is 11.4 Å². The molecule has 7 nitrogen and oxygen atoms in total. The van der Waals surface area contributed by atoms with E-state index in [-0.39, 0.29) is 12.2 Å². The van der Waals surface area contributed by atoms with Gasteiger partial charge in [-0.05, 0) is 82.0 Å². The predicted octanol–water partition coefficient (Wildman–Crippen LogP) is 5.29. The number of ether oxygens (including phenoxy) is 1. The molecular formula is C30H36FN5O2. The summed E-state index contributed by atoms with van der Waals surface area (Å²) in [6.45, 7) is 7.74. The molecule has 2 heterocycles. The summed E-state index contributed by atoms with van der Waals surface area (Å²) in [4.78, 5) is 17.5. The highest BCUT2D eigenvalue weighted by molar-refractivity contribution is 5.99. The zero-order valence-corrected chi connectivity index (χ0v) is 22.4. The minimum Gasteiger partial charge on any atom is -0.495 e. The molecule has 3 aromatic rings. The molecule has 8 heteroatoms. The number of rotatable bonds is 9. The SMILES string of the molecule is C=C(C#N)CNc1c(OC)ccc2ccc(-c3ccc(F)c(C=O)n3)cc12.CNCCC1CCCN(C)C1. The number of piperidine rings is 1. The number of likely N-dealkylation sites (tertiary alicyclic amines) is 1. The van der Waals surface area contributed by atoms with E-state index in [1.807, 2.05) is 43.4 Å². The Labute approximate surface area is 224 Å². The Hall–Kier alpha value is -3.80. The van der Waals surface area contributed by atoms with Gasteiger partial charge >= 0.3 is 0 Å². The molecular weight excluding hydrogens is 481 g/mol. The average molecular weight is 518 g/mol. The van der Waals surface area contributed by atoms with Crippen LogP contribution in [0.15, 0.2) is 54.6 Å². The maximum Gasteiger partial charge on any atom is 0.171 e. The van der Waals surface area contributed by atoms with Crippen molar-refractivity contribution in [3.8, 4) is 23.1 Å². The Balaban J connectivity index is 0.000000304. The number of benzene rings is 2. The average Bonchev–Trinajstić information content (AvgIpc) is 2.94. The molecule has 1 atom stereocenters.